The Kier molecular flexibility index (Phi) is 4.86. The van der Waals surface area contributed by atoms with Gasteiger partial charge in [0, 0.05) is 31.2 Å². The van der Waals surface area contributed by atoms with Crippen LogP contribution in [0.3, 0.4) is 0 Å². The van der Waals surface area contributed by atoms with Gasteiger partial charge in [-0.2, -0.15) is 0 Å². The molecule has 2 rings (SSSR count). The molecule has 5 nitrogen and oxygen atoms in total. The van der Waals surface area contributed by atoms with Crippen molar-refractivity contribution in [3.8, 4) is 0 Å². The average Bonchev–Trinajstić information content (AvgIpc) is 2.80. The summed E-state index contributed by atoms with van der Waals surface area (Å²) < 4.78 is 33.1. The molecule has 0 bridgehead atoms. The van der Waals surface area contributed by atoms with E-state index in [1.807, 2.05) is 5.38 Å². The second-order valence-electron chi connectivity index (χ2n) is 5.62. The van der Waals surface area contributed by atoms with Crippen LogP contribution in [0.4, 0.5) is 0 Å². The predicted molar refractivity (Wildman–Crippen MR) is 80.3 cm³/mol. The number of nitrogens with two attached hydrogens (primary N) is 1. The lowest BCUT2D eigenvalue weighted by Gasteiger charge is -2.33. The van der Waals surface area contributed by atoms with E-state index in [9.17, 15) is 8.42 Å². The second-order valence-corrected chi connectivity index (χ2v) is 8.29. The molecule has 0 spiro atoms. The third-order valence-electron chi connectivity index (χ3n) is 3.83. The summed E-state index contributed by atoms with van der Waals surface area (Å²) in [6.07, 6.45) is 1.75. The van der Waals surface area contributed by atoms with Crippen LogP contribution in [0.2, 0.25) is 0 Å². The van der Waals surface area contributed by atoms with E-state index >= 15 is 0 Å². The van der Waals surface area contributed by atoms with Crippen molar-refractivity contribution < 1.29 is 13.2 Å². The molecule has 1 aliphatic heterocycles. The highest BCUT2D eigenvalue weighted by atomic mass is 32.2. The Morgan fingerprint density at radius 1 is 1.45 bits per heavy atom. The molecule has 1 saturated heterocycles. The molecule has 0 aliphatic carbocycles. The lowest BCUT2D eigenvalue weighted by molar-refractivity contribution is 0.0264. The van der Waals surface area contributed by atoms with Gasteiger partial charge in [-0.05, 0) is 36.1 Å². The molecule has 114 valence electrons. The summed E-state index contributed by atoms with van der Waals surface area (Å²) in [6.45, 7) is 5.99. The van der Waals surface area contributed by atoms with Gasteiger partial charge in [0.05, 0.1) is 0 Å². The Labute approximate surface area is 124 Å². The summed E-state index contributed by atoms with van der Waals surface area (Å²) in [7, 11) is -3.49. The van der Waals surface area contributed by atoms with Crippen molar-refractivity contribution in [3.63, 3.8) is 0 Å². The van der Waals surface area contributed by atoms with E-state index in [1.165, 1.54) is 11.3 Å². The molecule has 0 saturated carbocycles. The lowest BCUT2D eigenvalue weighted by atomic mass is 9.83. The van der Waals surface area contributed by atoms with Gasteiger partial charge in [-0.25, -0.2) is 13.1 Å². The lowest BCUT2D eigenvalue weighted by Crippen LogP contribution is -2.39. The zero-order valence-corrected chi connectivity index (χ0v) is 13.6. The number of hydrogen-bond acceptors (Lipinski definition) is 5. The van der Waals surface area contributed by atoms with Crippen LogP contribution in [0.1, 0.15) is 30.2 Å². The number of rotatable bonds is 5. The Morgan fingerprint density at radius 3 is 2.70 bits per heavy atom. The maximum absolute atomic E-state index is 12.5. The molecule has 0 unspecified atom stereocenters. The minimum absolute atomic E-state index is 0.0296. The van der Waals surface area contributed by atoms with Crippen LogP contribution in [0.15, 0.2) is 10.3 Å². The molecular formula is C13H22N2O3S2. The summed E-state index contributed by atoms with van der Waals surface area (Å²) in [5.41, 5.74) is 6.36. The molecule has 0 atom stereocenters. The van der Waals surface area contributed by atoms with Gasteiger partial charge in [0.1, 0.15) is 4.90 Å². The first-order chi connectivity index (χ1) is 9.38. The van der Waals surface area contributed by atoms with Gasteiger partial charge < -0.3 is 10.5 Å². The number of sulfonamides is 1. The van der Waals surface area contributed by atoms with E-state index in [1.54, 1.807) is 6.92 Å². The van der Waals surface area contributed by atoms with Crippen LogP contribution in [-0.2, 0) is 21.3 Å². The largest absolute Gasteiger partial charge is 0.381 e. The van der Waals surface area contributed by atoms with Crippen molar-refractivity contribution in [1.29, 1.82) is 0 Å². The van der Waals surface area contributed by atoms with E-state index in [0.29, 0.717) is 29.5 Å². The van der Waals surface area contributed by atoms with E-state index < -0.39 is 10.0 Å². The fourth-order valence-electron chi connectivity index (χ4n) is 2.37. The summed E-state index contributed by atoms with van der Waals surface area (Å²) in [6, 6.07) is 0. The number of ether oxygens (including phenoxy) is 1. The predicted octanol–water partition coefficient (Wildman–Crippen LogP) is 1.61. The molecule has 2 heterocycles. The van der Waals surface area contributed by atoms with Crippen LogP contribution in [0.5, 0.6) is 0 Å². The van der Waals surface area contributed by atoms with Gasteiger partial charge in [-0.3, -0.25) is 0 Å². The Morgan fingerprint density at radius 2 is 2.10 bits per heavy atom. The molecular weight excluding hydrogens is 296 g/mol. The van der Waals surface area contributed by atoms with Crippen LogP contribution < -0.4 is 10.5 Å². The normalized spacial score (nSPS) is 19.1. The molecule has 0 radical (unpaired) electrons. The molecule has 7 heteroatoms. The van der Waals surface area contributed by atoms with Crippen LogP contribution in [0.25, 0.3) is 0 Å². The van der Waals surface area contributed by atoms with E-state index in [-0.39, 0.29) is 12.0 Å². The summed E-state index contributed by atoms with van der Waals surface area (Å²) in [5.74, 6) is 0. The summed E-state index contributed by atoms with van der Waals surface area (Å²) in [4.78, 5) is 1.08. The molecule has 20 heavy (non-hydrogen) atoms. The van der Waals surface area contributed by atoms with Gasteiger partial charge in [0.25, 0.3) is 0 Å². The molecule has 3 N–H and O–H groups in total. The first kappa shape index (κ1) is 15.9. The van der Waals surface area contributed by atoms with Crippen LogP contribution in [0, 0.1) is 12.3 Å². The Balaban J connectivity index is 2.13. The summed E-state index contributed by atoms with van der Waals surface area (Å²) >= 11 is 1.40. The standard InChI is InChI=1S/C13H22N2O3S2/c1-10-8-19-11(7-14)12(10)20(16,17)15-9-13(2)3-5-18-6-4-13/h8,15H,3-7,9,14H2,1-2H3. The van der Waals surface area contributed by atoms with Gasteiger partial charge in [0.15, 0.2) is 0 Å². The summed E-state index contributed by atoms with van der Waals surface area (Å²) in [5, 5.41) is 1.84. The average molecular weight is 318 g/mol. The third-order valence-corrected chi connectivity index (χ3v) is 6.72. The Hall–Kier alpha value is -0.470. The number of aryl methyl sites for hydroxylation is 1. The number of hydrogen-bond donors (Lipinski definition) is 2. The van der Waals surface area contributed by atoms with Gasteiger partial charge in [0.2, 0.25) is 10.0 Å². The molecule has 1 aliphatic rings. The van der Waals surface area contributed by atoms with Crippen LogP contribution in [-0.4, -0.2) is 28.2 Å². The minimum Gasteiger partial charge on any atom is -0.381 e. The van der Waals surface area contributed by atoms with Crippen LogP contribution >= 0.6 is 11.3 Å². The highest BCUT2D eigenvalue weighted by molar-refractivity contribution is 7.89. The number of nitrogens with one attached hydrogen (secondary N) is 1. The zero-order chi connectivity index (χ0) is 14.8. The maximum atomic E-state index is 12.5. The van der Waals surface area contributed by atoms with Crippen molar-refractivity contribution in [2.45, 2.75) is 38.1 Å². The topological polar surface area (TPSA) is 81.4 Å². The van der Waals surface area contributed by atoms with E-state index in [2.05, 4.69) is 11.6 Å². The van der Waals surface area contributed by atoms with E-state index in [0.717, 1.165) is 18.4 Å². The van der Waals surface area contributed by atoms with Gasteiger partial charge >= 0.3 is 0 Å². The molecule has 0 amide bonds. The zero-order valence-electron chi connectivity index (χ0n) is 11.9. The number of thiophene rings is 1. The fourth-order valence-corrected chi connectivity index (χ4v) is 5.27. The third kappa shape index (κ3) is 3.40. The minimum atomic E-state index is -3.49. The molecule has 0 aromatic carbocycles. The Bertz CT molecular complexity index is 560. The van der Waals surface area contributed by atoms with Gasteiger partial charge in [-0.1, -0.05) is 6.92 Å². The van der Waals surface area contributed by atoms with Crippen molar-refractivity contribution in [2.24, 2.45) is 11.1 Å². The smallest absolute Gasteiger partial charge is 0.242 e. The van der Waals surface area contributed by atoms with E-state index in [4.69, 9.17) is 10.5 Å². The SMILES string of the molecule is Cc1csc(CN)c1S(=O)(=O)NCC1(C)CCOCC1. The van der Waals surface area contributed by atoms with Crippen molar-refractivity contribution in [2.75, 3.05) is 19.8 Å². The monoisotopic (exact) mass is 318 g/mol. The molecule has 1 aromatic rings. The second kappa shape index (κ2) is 6.11. The fraction of sp³-hybridized carbons (Fsp3) is 0.692. The molecule has 1 aromatic heterocycles. The van der Waals surface area contributed by atoms with Crippen molar-refractivity contribution in [3.05, 3.63) is 15.8 Å². The highest BCUT2D eigenvalue weighted by Crippen LogP contribution is 2.31. The van der Waals surface area contributed by atoms with Gasteiger partial charge in [-0.15, -0.1) is 11.3 Å². The van der Waals surface area contributed by atoms with Crippen molar-refractivity contribution >= 4 is 21.4 Å². The molecule has 1 fully saturated rings. The first-order valence-electron chi connectivity index (χ1n) is 6.72. The van der Waals surface area contributed by atoms with Crippen molar-refractivity contribution in [1.82, 2.24) is 4.72 Å². The quantitative estimate of drug-likeness (QED) is 0.864. The maximum Gasteiger partial charge on any atom is 0.242 e. The highest BCUT2D eigenvalue weighted by Gasteiger charge is 2.30. The first-order valence-corrected chi connectivity index (χ1v) is 9.09.